The van der Waals surface area contributed by atoms with E-state index in [1.165, 1.54) is 10.4 Å². The van der Waals surface area contributed by atoms with Crippen LogP contribution in [0.2, 0.25) is 0 Å². The fourth-order valence-corrected chi connectivity index (χ4v) is 3.97. The van der Waals surface area contributed by atoms with E-state index in [1.807, 2.05) is 6.07 Å². The molecule has 1 N–H and O–H groups in total. The third kappa shape index (κ3) is 3.74. The van der Waals surface area contributed by atoms with Gasteiger partial charge in [-0.1, -0.05) is 42.5 Å². The summed E-state index contributed by atoms with van der Waals surface area (Å²) in [6.07, 6.45) is 7.40. The summed E-state index contributed by atoms with van der Waals surface area (Å²) in [4.78, 5) is 20.2. The fraction of sp³-hybridized carbons (Fsp3) is 0.368. The molecule has 1 fully saturated rings. The van der Waals surface area contributed by atoms with E-state index in [9.17, 15) is 4.79 Å². The zero-order valence-electron chi connectivity index (χ0n) is 13.6. The second-order valence-corrected chi connectivity index (χ2v) is 7.53. The van der Waals surface area contributed by atoms with Gasteiger partial charge in [0.25, 0.3) is 0 Å². The number of hydrogen-bond donors (Lipinski definition) is 1. The minimum Gasteiger partial charge on any atom is -0.302 e. The van der Waals surface area contributed by atoms with Crippen LogP contribution in [0, 0.1) is 5.92 Å². The van der Waals surface area contributed by atoms with Gasteiger partial charge in [0.1, 0.15) is 0 Å². The average Bonchev–Trinajstić information content (AvgIpc) is 3.37. The quantitative estimate of drug-likeness (QED) is 0.906. The first kappa shape index (κ1) is 15.5. The summed E-state index contributed by atoms with van der Waals surface area (Å²) in [6, 6.07) is 10.4. The molecule has 2 heterocycles. The minimum atomic E-state index is 0.142. The van der Waals surface area contributed by atoms with Crippen molar-refractivity contribution in [3.8, 4) is 0 Å². The average molecular weight is 339 g/mol. The Morgan fingerprint density at radius 1 is 1.33 bits per heavy atom. The summed E-state index contributed by atoms with van der Waals surface area (Å²) in [5.41, 5.74) is 2.40. The number of amides is 1. The summed E-state index contributed by atoms with van der Waals surface area (Å²) in [7, 11) is 0. The molecule has 1 amide bonds. The number of aromatic nitrogens is 1. The van der Waals surface area contributed by atoms with Crippen LogP contribution in [-0.2, 0) is 17.8 Å². The van der Waals surface area contributed by atoms with E-state index in [0.29, 0.717) is 0 Å². The number of thiazole rings is 1. The van der Waals surface area contributed by atoms with Crippen molar-refractivity contribution in [2.45, 2.75) is 25.8 Å². The number of benzene rings is 1. The maximum Gasteiger partial charge on any atom is 0.229 e. The van der Waals surface area contributed by atoms with Gasteiger partial charge in [-0.25, -0.2) is 4.98 Å². The number of carbonyl (C=O) groups is 1. The van der Waals surface area contributed by atoms with Gasteiger partial charge in [-0.2, -0.15) is 0 Å². The van der Waals surface area contributed by atoms with Gasteiger partial charge in [0.15, 0.2) is 5.13 Å². The summed E-state index contributed by atoms with van der Waals surface area (Å²) in [6.45, 7) is 2.88. The van der Waals surface area contributed by atoms with Crippen LogP contribution < -0.4 is 5.32 Å². The molecule has 1 aromatic heterocycles. The summed E-state index contributed by atoms with van der Waals surface area (Å²) in [5.74, 6) is 0.370. The number of nitrogens with zero attached hydrogens (tertiary/aromatic N) is 2. The van der Waals surface area contributed by atoms with E-state index in [0.717, 1.165) is 49.7 Å². The summed E-state index contributed by atoms with van der Waals surface area (Å²) < 4.78 is 0. The molecule has 0 atom stereocenters. The lowest BCUT2D eigenvalue weighted by Gasteiger charge is -2.24. The molecule has 0 spiro atoms. The van der Waals surface area contributed by atoms with Crippen LogP contribution >= 0.6 is 11.3 Å². The topological polar surface area (TPSA) is 45.2 Å². The van der Waals surface area contributed by atoms with Crippen molar-refractivity contribution in [2.75, 3.05) is 18.4 Å². The van der Waals surface area contributed by atoms with Gasteiger partial charge in [0.2, 0.25) is 5.91 Å². The van der Waals surface area contributed by atoms with Gasteiger partial charge in [-0.3, -0.25) is 9.69 Å². The van der Waals surface area contributed by atoms with Crippen LogP contribution in [0.3, 0.4) is 0 Å². The number of anilines is 1. The third-order valence-electron chi connectivity index (χ3n) is 4.46. The summed E-state index contributed by atoms with van der Waals surface area (Å²) in [5, 5.41) is 3.75. The second-order valence-electron chi connectivity index (χ2n) is 6.45. The van der Waals surface area contributed by atoms with Crippen molar-refractivity contribution >= 4 is 28.5 Å². The first-order valence-corrected chi connectivity index (χ1v) is 9.33. The van der Waals surface area contributed by atoms with Crippen molar-refractivity contribution in [3.05, 3.63) is 52.5 Å². The van der Waals surface area contributed by atoms with Gasteiger partial charge >= 0.3 is 0 Å². The SMILES string of the molecule is O=C(Nc1nc2c(s1)CN(C/C=C/c1ccccc1)CC2)C1CC1. The molecule has 0 unspecified atom stereocenters. The molecule has 1 aliphatic heterocycles. The van der Waals surface area contributed by atoms with Crippen LogP contribution in [0.1, 0.15) is 29.0 Å². The Hall–Kier alpha value is -1.98. The molecule has 1 aromatic carbocycles. The normalized spacial score (nSPS) is 17.8. The van der Waals surface area contributed by atoms with E-state index in [4.69, 9.17) is 0 Å². The van der Waals surface area contributed by atoms with Crippen LogP contribution in [-0.4, -0.2) is 28.9 Å². The van der Waals surface area contributed by atoms with E-state index in [1.54, 1.807) is 11.3 Å². The van der Waals surface area contributed by atoms with Gasteiger partial charge < -0.3 is 5.32 Å². The van der Waals surface area contributed by atoms with Crippen LogP contribution in [0.15, 0.2) is 36.4 Å². The van der Waals surface area contributed by atoms with Crippen molar-refractivity contribution < 1.29 is 4.79 Å². The Kier molecular flexibility index (Phi) is 4.45. The molecule has 124 valence electrons. The number of carbonyl (C=O) groups excluding carboxylic acids is 1. The van der Waals surface area contributed by atoms with E-state index >= 15 is 0 Å². The monoisotopic (exact) mass is 339 g/mol. The Morgan fingerprint density at radius 3 is 2.96 bits per heavy atom. The Morgan fingerprint density at radius 2 is 2.17 bits per heavy atom. The minimum absolute atomic E-state index is 0.142. The van der Waals surface area contributed by atoms with E-state index in [-0.39, 0.29) is 11.8 Å². The van der Waals surface area contributed by atoms with Crippen LogP contribution in [0.5, 0.6) is 0 Å². The third-order valence-corrected chi connectivity index (χ3v) is 5.46. The van der Waals surface area contributed by atoms with E-state index in [2.05, 4.69) is 51.6 Å². The first-order chi connectivity index (χ1) is 11.8. The van der Waals surface area contributed by atoms with Crippen molar-refractivity contribution in [1.82, 2.24) is 9.88 Å². The van der Waals surface area contributed by atoms with Gasteiger partial charge in [0, 0.05) is 36.9 Å². The van der Waals surface area contributed by atoms with Gasteiger partial charge in [-0.15, -0.1) is 11.3 Å². The predicted molar refractivity (Wildman–Crippen MR) is 97.9 cm³/mol. The maximum absolute atomic E-state index is 11.9. The van der Waals surface area contributed by atoms with Gasteiger partial charge in [-0.05, 0) is 18.4 Å². The lowest BCUT2D eigenvalue weighted by atomic mass is 10.1. The molecule has 1 aliphatic carbocycles. The highest BCUT2D eigenvalue weighted by molar-refractivity contribution is 7.15. The molecular weight excluding hydrogens is 318 g/mol. The van der Waals surface area contributed by atoms with Crippen LogP contribution in [0.25, 0.3) is 6.08 Å². The number of nitrogens with one attached hydrogen (secondary N) is 1. The lowest BCUT2D eigenvalue weighted by molar-refractivity contribution is -0.117. The predicted octanol–water partition coefficient (Wildman–Crippen LogP) is 3.56. The summed E-state index contributed by atoms with van der Waals surface area (Å²) >= 11 is 1.63. The highest BCUT2D eigenvalue weighted by Crippen LogP contribution is 2.32. The molecule has 2 aliphatic rings. The molecule has 0 saturated heterocycles. The molecule has 0 bridgehead atoms. The Labute approximate surface area is 146 Å². The Balaban J connectivity index is 1.34. The first-order valence-electron chi connectivity index (χ1n) is 8.51. The van der Waals surface area contributed by atoms with Crippen molar-refractivity contribution in [1.29, 1.82) is 0 Å². The Bertz CT molecular complexity index is 749. The molecule has 4 nitrogen and oxygen atoms in total. The standard InChI is InChI=1S/C19H21N3OS/c23-18(15-8-9-15)21-19-20-16-10-12-22(13-17(16)24-19)11-4-7-14-5-2-1-3-6-14/h1-7,15H,8-13H2,(H,20,21,23)/b7-4+. The fourth-order valence-electron chi connectivity index (χ4n) is 2.91. The lowest BCUT2D eigenvalue weighted by Crippen LogP contribution is -2.29. The number of fused-ring (bicyclic) bond motifs is 1. The highest BCUT2D eigenvalue weighted by atomic mass is 32.1. The molecule has 0 radical (unpaired) electrons. The van der Waals surface area contributed by atoms with Crippen molar-refractivity contribution in [2.24, 2.45) is 5.92 Å². The highest BCUT2D eigenvalue weighted by Gasteiger charge is 2.30. The van der Waals surface area contributed by atoms with Crippen molar-refractivity contribution in [3.63, 3.8) is 0 Å². The van der Waals surface area contributed by atoms with Crippen LogP contribution in [0.4, 0.5) is 5.13 Å². The van der Waals surface area contributed by atoms with E-state index < -0.39 is 0 Å². The zero-order chi connectivity index (χ0) is 16.4. The van der Waals surface area contributed by atoms with Gasteiger partial charge in [0.05, 0.1) is 5.69 Å². The maximum atomic E-state index is 11.9. The molecule has 5 heteroatoms. The molecule has 2 aromatic rings. The largest absolute Gasteiger partial charge is 0.302 e. The second kappa shape index (κ2) is 6.87. The number of rotatable bonds is 5. The molecule has 1 saturated carbocycles. The molecular formula is C19H21N3OS. The zero-order valence-corrected chi connectivity index (χ0v) is 14.4. The molecule has 4 rings (SSSR count). The molecule has 24 heavy (non-hydrogen) atoms. The smallest absolute Gasteiger partial charge is 0.229 e. The number of hydrogen-bond acceptors (Lipinski definition) is 4.